The number of aldehydes is 1. The first-order valence-corrected chi connectivity index (χ1v) is 4.29. The SMILES string of the molecule is COc1ccc(C(Br)C=O)cn1. The summed E-state index contributed by atoms with van der Waals surface area (Å²) in [7, 11) is 1.55. The molecule has 0 amide bonds. The molecule has 1 aromatic heterocycles. The Labute approximate surface area is 78.9 Å². The number of halogens is 1. The van der Waals surface area contributed by atoms with E-state index >= 15 is 0 Å². The zero-order valence-electron chi connectivity index (χ0n) is 6.53. The van der Waals surface area contributed by atoms with E-state index in [-0.39, 0.29) is 4.83 Å². The molecule has 1 aromatic rings. The van der Waals surface area contributed by atoms with Gasteiger partial charge >= 0.3 is 0 Å². The van der Waals surface area contributed by atoms with E-state index in [0.29, 0.717) is 5.88 Å². The predicted octanol–water partition coefficient (Wildman–Crippen LogP) is 1.73. The van der Waals surface area contributed by atoms with Crippen LogP contribution in [-0.2, 0) is 4.79 Å². The number of rotatable bonds is 3. The molecule has 0 aliphatic rings. The van der Waals surface area contributed by atoms with Crippen LogP contribution >= 0.6 is 15.9 Å². The molecule has 1 rings (SSSR count). The molecular weight excluding hydrogens is 222 g/mol. The molecule has 0 aromatic carbocycles. The van der Waals surface area contributed by atoms with Gasteiger partial charge in [-0.3, -0.25) is 0 Å². The monoisotopic (exact) mass is 229 g/mol. The lowest BCUT2D eigenvalue weighted by molar-refractivity contribution is -0.107. The number of methoxy groups -OCH3 is 1. The van der Waals surface area contributed by atoms with Crippen LogP contribution in [0.5, 0.6) is 5.88 Å². The number of ether oxygens (including phenoxy) is 1. The minimum Gasteiger partial charge on any atom is -0.481 e. The molecule has 0 aliphatic heterocycles. The summed E-state index contributed by atoms with van der Waals surface area (Å²) in [5, 5.41) is 0. The fraction of sp³-hybridized carbons (Fsp3) is 0.250. The maximum absolute atomic E-state index is 10.4. The average Bonchev–Trinajstić information content (AvgIpc) is 2.17. The van der Waals surface area contributed by atoms with Gasteiger partial charge in [-0.15, -0.1) is 0 Å². The maximum Gasteiger partial charge on any atom is 0.212 e. The van der Waals surface area contributed by atoms with Gasteiger partial charge in [0.15, 0.2) is 0 Å². The standard InChI is InChI=1S/C8H8BrNO2/c1-12-8-3-2-6(4-10-8)7(9)5-11/h2-5,7H,1H3. The average molecular weight is 230 g/mol. The summed E-state index contributed by atoms with van der Waals surface area (Å²) < 4.78 is 4.87. The van der Waals surface area contributed by atoms with Crippen molar-refractivity contribution in [3.05, 3.63) is 23.9 Å². The molecule has 12 heavy (non-hydrogen) atoms. The van der Waals surface area contributed by atoms with Crippen molar-refractivity contribution in [3.8, 4) is 5.88 Å². The topological polar surface area (TPSA) is 39.2 Å². The van der Waals surface area contributed by atoms with Crippen molar-refractivity contribution in [1.29, 1.82) is 0 Å². The van der Waals surface area contributed by atoms with E-state index in [9.17, 15) is 4.79 Å². The second-order valence-corrected chi connectivity index (χ2v) is 3.16. The molecule has 0 bridgehead atoms. The Kier molecular flexibility index (Phi) is 3.22. The number of carbonyl (C=O) groups is 1. The van der Waals surface area contributed by atoms with Crippen LogP contribution in [-0.4, -0.2) is 18.4 Å². The number of hydrogen-bond donors (Lipinski definition) is 0. The van der Waals surface area contributed by atoms with Gasteiger partial charge in [0.05, 0.1) is 11.9 Å². The molecule has 0 spiro atoms. The van der Waals surface area contributed by atoms with Crippen LogP contribution in [0.2, 0.25) is 0 Å². The van der Waals surface area contributed by atoms with Crippen LogP contribution in [0, 0.1) is 0 Å². The smallest absolute Gasteiger partial charge is 0.212 e. The number of aromatic nitrogens is 1. The summed E-state index contributed by atoms with van der Waals surface area (Å²) in [6.45, 7) is 0. The van der Waals surface area contributed by atoms with Crippen LogP contribution in [0.1, 0.15) is 10.4 Å². The summed E-state index contributed by atoms with van der Waals surface area (Å²) in [6.07, 6.45) is 2.41. The second kappa shape index (κ2) is 4.21. The van der Waals surface area contributed by atoms with Crippen molar-refractivity contribution < 1.29 is 9.53 Å². The minimum atomic E-state index is -0.282. The lowest BCUT2D eigenvalue weighted by Gasteiger charge is -2.02. The third-order valence-electron chi connectivity index (χ3n) is 1.41. The van der Waals surface area contributed by atoms with Crippen LogP contribution in [0.25, 0.3) is 0 Å². The van der Waals surface area contributed by atoms with E-state index in [1.807, 2.05) is 0 Å². The van der Waals surface area contributed by atoms with Crippen LogP contribution in [0.15, 0.2) is 18.3 Å². The molecule has 0 saturated heterocycles. The Morgan fingerprint density at radius 1 is 1.67 bits per heavy atom. The zero-order valence-corrected chi connectivity index (χ0v) is 8.11. The van der Waals surface area contributed by atoms with E-state index < -0.39 is 0 Å². The number of carbonyl (C=O) groups excluding carboxylic acids is 1. The van der Waals surface area contributed by atoms with Gasteiger partial charge in [-0.2, -0.15) is 0 Å². The fourth-order valence-electron chi connectivity index (χ4n) is 0.754. The van der Waals surface area contributed by atoms with Crippen LogP contribution in [0.4, 0.5) is 0 Å². The van der Waals surface area contributed by atoms with E-state index in [1.54, 1.807) is 25.4 Å². The predicted molar refractivity (Wildman–Crippen MR) is 48.5 cm³/mol. The first-order valence-electron chi connectivity index (χ1n) is 3.37. The normalized spacial score (nSPS) is 12.2. The Morgan fingerprint density at radius 3 is 2.83 bits per heavy atom. The quantitative estimate of drug-likeness (QED) is 0.586. The Morgan fingerprint density at radius 2 is 2.42 bits per heavy atom. The lowest BCUT2D eigenvalue weighted by atomic mass is 10.2. The van der Waals surface area contributed by atoms with E-state index in [0.717, 1.165) is 11.8 Å². The fourth-order valence-corrected chi connectivity index (χ4v) is 1.03. The van der Waals surface area contributed by atoms with Crippen molar-refractivity contribution in [2.75, 3.05) is 7.11 Å². The highest BCUT2D eigenvalue weighted by Gasteiger charge is 2.05. The van der Waals surface area contributed by atoms with E-state index in [2.05, 4.69) is 20.9 Å². The molecule has 4 heteroatoms. The number of alkyl halides is 1. The Balaban J connectivity index is 2.84. The molecule has 0 fully saturated rings. The second-order valence-electron chi connectivity index (χ2n) is 2.17. The highest BCUT2D eigenvalue weighted by molar-refractivity contribution is 9.09. The third kappa shape index (κ3) is 2.04. The molecule has 0 N–H and O–H groups in total. The van der Waals surface area contributed by atoms with Crippen molar-refractivity contribution in [2.45, 2.75) is 4.83 Å². The number of pyridine rings is 1. The highest BCUT2D eigenvalue weighted by Crippen LogP contribution is 2.20. The van der Waals surface area contributed by atoms with Gasteiger partial charge in [0.1, 0.15) is 6.29 Å². The number of nitrogens with zero attached hydrogens (tertiary/aromatic N) is 1. The van der Waals surface area contributed by atoms with Gasteiger partial charge in [-0.25, -0.2) is 4.98 Å². The van der Waals surface area contributed by atoms with Crippen LogP contribution < -0.4 is 4.74 Å². The van der Waals surface area contributed by atoms with Crippen molar-refractivity contribution >= 4 is 22.2 Å². The van der Waals surface area contributed by atoms with Crippen molar-refractivity contribution in [2.24, 2.45) is 0 Å². The van der Waals surface area contributed by atoms with Crippen LogP contribution in [0.3, 0.4) is 0 Å². The zero-order chi connectivity index (χ0) is 8.97. The molecule has 0 aliphatic carbocycles. The van der Waals surface area contributed by atoms with Gasteiger partial charge in [0, 0.05) is 12.3 Å². The van der Waals surface area contributed by atoms with Crippen molar-refractivity contribution in [3.63, 3.8) is 0 Å². The first-order chi connectivity index (χ1) is 5.77. The summed E-state index contributed by atoms with van der Waals surface area (Å²) in [4.78, 5) is 14.0. The van der Waals surface area contributed by atoms with Gasteiger partial charge < -0.3 is 9.53 Å². The number of hydrogen-bond acceptors (Lipinski definition) is 3. The van der Waals surface area contributed by atoms with Gasteiger partial charge in [0.2, 0.25) is 5.88 Å². The van der Waals surface area contributed by atoms with Gasteiger partial charge in [-0.05, 0) is 5.56 Å². The molecule has 1 heterocycles. The lowest BCUT2D eigenvalue weighted by Crippen LogP contribution is -1.93. The Hall–Kier alpha value is -0.900. The molecule has 1 unspecified atom stereocenters. The molecule has 0 radical (unpaired) electrons. The summed E-state index contributed by atoms with van der Waals surface area (Å²) >= 11 is 3.18. The molecule has 0 saturated carbocycles. The van der Waals surface area contributed by atoms with E-state index in [1.165, 1.54) is 0 Å². The molecular formula is C8H8BrNO2. The van der Waals surface area contributed by atoms with E-state index in [4.69, 9.17) is 4.74 Å². The first kappa shape index (κ1) is 9.19. The summed E-state index contributed by atoms with van der Waals surface area (Å²) in [5.41, 5.74) is 0.825. The minimum absolute atomic E-state index is 0.282. The maximum atomic E-state index is 10.4. The summed E-state index contributed by atoms with van der Waals surface area (Å²) in [6, 6.07) is 3.51. The Bertz CT molecular complexity index is 260. The molecule has 1 atom stereocenters. The summed E-state index contributed by atoms with van der Waals surface area (Å²) in [5.74, 6) is 0.546. The van der Waals surface area contributed by atoms with Gasteiger partial charge in [0.25, 0.3) is 0 Å². The molecule has 64 valence electrons. The third-order valence-corrected chi connectivity index (χ3v) is 2.15. The largest absolute Gasteiger partial charge is 0.481 e. The highest BCUT2D eigenvalue weighted by atomic mass is 79.9. The molecule has 3 nitrogen and oxygen atoms in total. The van der Waals surface area contributed by atoms with Gasteiger partial charge in [-0.1, -0.05) is 22.0 Å². The van der Waals surface area contributed by atoms with Crippen molar-refractivity contribution in [1.82, 2.24) is 4.98 Å².